The first-order chi connectivity index (χ1) is 10.2. The average molecular weight is 317 g/mol. The van der Waals surface area contributed by atoms with Gasteiger partial charge in [-0.25, -0.2) is 4.98 Å². The van der Waals surface area contributed by atoms with E-state index < -0.39 is 0 Å². The van der Waals surface area contributed by atoms with Crippen molar-refractivity contribution in [3.05, 3.63) is 64.4 Å². The number of rotatable bonds is 3. The molecule has 0 radical (unpaired) electrons. The molecule has 104 valence electrons. The highest BCUT2D eigenvalue weighted by molar-refractivity contribution is 6.30. The largest absolute Gasteiger partial charge is 0.261 e. The predicted molar refractivity (Wildman–Crippen MR) is 87.2 cm³/mol. The van der Waals surface area contributed by atoms with Crippen LogP contribution in [0.3, 0.4) is 0 Å². The molecule has 0 saturated carbocycles. The van der Waals surface area contributed by atoms with Crippen molar-refractivity contribution < 1.29 is 0 Å². The number of nitrogens with one attached hydrogen (secondary N) is 1. The van der Waals surface area contributed by atoms with E-state index in [2.05, 4.69) is 20.5 Å². The molecule has 4 nitrogen and oxygen atoms in total. The highest BCUT2D eigenvalue weighted by Crippen LogP contribution is 2.21. The van der Waals surface area contributed by atoms with Gasteiger partial charge in [0, 0.05) is 10.4 Å². The lowest BCUT2D eigenvalue weighted by Gasteiger charge is -2.04. The van der Waals surface area contributed by atoms with E-state index in [1.807, 2.05) is 48.5 Å². The lowest BCUT2D eigenvalue weighted by Crippen LogP contribution is -1.97. The third-order valence-corrected chi connectivity index (χ3v) is 3.21. The molecule has 0 spiro atoms. The molecule has 1 N–H and O–H groups in total. The van der Waals surface area contributed by atoms with Gasteiger partial charge < -0.3 is 0 Å². The number of hydrazone groups is 1. The molecule has 0 atom stereocenters. The Labute approximate surface area is 131 Å². The van der Waals surface area contributed by atoms with Gasteiger partial charge in [0.15, 0.2) is 5.82 Å². The number of fused-ring (bicyclic) bond motifs is 1. The van der Waals surface area contributed by atoms with Crippen molar-refractivity contribution in [2.75, 3.05) is 5.43 Å². The SMILES string of the molecule is Clc1cccc(/C=N\Nc2nc(Cl)nc3ccccc23)c1. The van der Waals surface area contributed by atoms with Crippen molar-refractivity contribution in [2.24, 2.45) is 5.10 Å². The number of hydrogen-bond donors (Lipinski definition) is 1. The number of hydrogen-bond acceptors (Lipinski definition) is 4. The number of halogens is 2. The molecule has 0 aliphatic heterocycles. The maximum atomic E-state index is 5.92. The molecule has 0 unspecified atom stereocenters. The third-order valence-electron chi connectivity index (χ3n) is 2.81. The van der Waals surface area contributed by atoms with Crippen LogP contribution in [0.25, 0.3) is 10.9 Å². The van der Waals surface area contributed by atoms with Crippen molar-refractivity contribution in [1.82, 2.24) is 9.97 Å². The number of para-hydroxylation sites is 1. The molecule has 0 aliphatic rings. The lowest BCUT2D eigenvalue weighted by molar-refractivity contribution is 1.18. The van der Waals surface area contributed by atoms with E-state index in [0.29, 0.717) is 10.8 Å². The Morgan fingerprint density at radius 1 is 1.00 bits per heavy atom. The summed E-state index contributed by atoms with van der Waals surface area (Å²) < 4.78 is 0. The molecule has 0 amide bonds. The van der Waals surface area contributed by atoms with E-state index in [0.717, 1.165) is 16.5 Å². The van der Waals surface area contributed by atoms with Crippen molar-refractivity contribution in [2.45, 2.75) is 0 Å². The average Bonchev–Trinajstić information content (AvgIpc) is 2.47. The molecule has 0 bridgehead atoms. The van der Waals surface area contributed by atoms with Crippen LogP contribution >= 0.6 is 23.2 Å². The molecule has 0 fully saturated rings. The second-order valence-corrected chi connectivity index (χ2v) is 5.06. The topological polar surface area (TPSA) is 50.2 Å². The fourth-order valence-electron chi connectivity index (χ4n) is 1.89. The van der Waals surface area contributed by atoms with Crippen LogP contribution in [0.15, 0.2) is 53.6 Å². The van der Waals surface area contributed by atoms with Crippen LogP contribution in [-0.2, 0) is 0 Å². The van der Waals surface area contributed by atoms with Crippen LogP contribution in [0.2, 0.25) is 10.3 Å². The zero-order valence-electron chi connectivity index (χ0n) is 10.8. The van der Waals surface area contributed by atoms with Crippen molar-refractivity contribution in [3.63, 3.8) is 0 Å². The second kappa shape index (κ2) is 6.08. The third kappa shape index (κ3) is 3.29. The zero-order chi connectivity index (χ0) is 14.7. The Balaban J connectivity index is 1.88. The van der Waals surface area contributed by atoms with Gasteiger partial charge in [-0.2, -0.15) is 10.1 Å². The van der Waals surface area contributed by atoms with E-state index in [1.165, 1.54) is 0 Å². The maximum absolute atomic E-state index is 5.92. The molecule has 0 aliphatic carbocycles. The monoisotopic (exact) mass is 316 g/mol. The quantitative estimate of drug-likeness (QED) is 0.443. The van der Waals surface area contributed by atoms with Gasteiger partial charge in [0.2, 0.25) is 5.28 Å². The molecule has 1 heterocycles. The number of aromatic nitrogens is 2. The minimum atomic E-state index is 0.175. The summed E-state index contributed by atoms with van der Waals surface area (Å²) in [6.07, 6.45) is 1.66. The van der Waals surface area contributed by atoms with Gasteiger partial charge in [-0.1, -0.05) is 35.9 Å². The minimum absolute atomic E-state index is 0.175. The highest BCUT2D eigenvalue weighted by atomic mass is 35.5. The molecule has 3 aromatic rings. The normalized spacial score (nSPS) is 11.1. The highest BCUT2D eigenvalue weighted by Gasteiger charge is 2.04. The number of benzene rings is 2. The summed E-state index contributed by atoms with van der Waals surface area (Å²) in [6.45, 7) is 0. The van der Waals surface area contributed by atoms with Gasteiger partial charge in [-0.05, 0) is 41.4 Å². The van der Waals surface area contributed by atoms with Crippen LogP contribution in [0.4, 0.5) is 5.82 Å². The Morgan fingerprint density at radius 3 is 2.71 bits per heavy atom. The van der Waals surface area contributed by atoms with Crippen molar-refractivity contribution in [1.29, 1.82) is 0 Å². The van der Waals surface area contributed by atoms with Gasteiger partial charge in [0.05, 0.1) is 11.7 Å². The Bertz CT molecular complexity index is 818. The van der Waals surface area contributed by atoms with Crippen molar-refractivity contribution >= 4 is 46.1 Å². The zero-order valence-corrected chi connectivity index (χ0v) is 12.3. The van der Waals surface area contributed by atoms with E-state index in [-0.39, 0.29) is 5.28 Å². The molecular formula is C15H10Cl2N4. The molecule has 1 aromatic heterocycles. The summed E-state index contributed by atoms with van der Waals surface area (Å²) in [6, 6.07) is 15.0. The van der Waals surface area contributed by atoms with Crippen LogP contribution < -0.4 is 5.43 Å². The maximum Gasteiger partial charge on any atom is 0.224 e. The minimum Gasteiger partial charge on any atom is -0.261 e. The fourth-order valence-corrected chi connectivity index (χ4v) is 2.26. The molecule has 3 rings (SSSR count). The molecule has 0 saturated heterocycles. The number of anilines is 1. The Morgan fingerprint density at radius 2 is 1.86 bits per heavy atom. The standard InChI is InChI=1S/C15H10Cl2N4/c16-11-5-3-4-10(8-11)9-18-21-14-12-6-1-2-7-13(12)19-15(17)20-14/h1-9H,(H,19,20,21)/b18-9-. The summed E-state index contributed by atoms with van der Waals surface area (Å²) in [5.41, 5.74) is 4.54. The molecule has 21 heavy (non-hydrogen) atoms. The first-order valence-electron chi connectivity index (χ1n) is 6.19. The first kappa shape index (κ1) is 13.8. The lowest BCUT2D eigenvalue weighted by atomic mass is 10.2. The molecule has 6 heteroatoms. The van der Waals surface area contributed by atoms with Gasteiger partial charge in [-0.3, -0.25) is 5.43 Å². The van der Waals surface area contributed by atoms with Crippen molar-refractivity contribution in [3.8, 4) is 0 Å². The molecule has 2 aromatic carbocycles. The fraction of sp³-hybridized carbons (Fsp3) is 0. The first-order valence-corrected chi connectivity index (χ1v) is 6.95. The van der Waals surface area contributed by atoms with Gasteiger partial charge >= 0.3 is 0 Å². The summed E-state index contributed by atoms with van der Waals surface area (Å²) in [5.74, 6) is 0.559. The Hall–Kier alpha value is -2.17. The van der Waals surface area contributed by atoms with Crippen LogP contribution in [0.5, 0.6) is 0 Å². The van der Waals surface area contributed by atoms with Gasteiger partial charge in [-0.15, -0.1) is 0 Å². The van der Waals surface area contributed by atoms with Gasteiger partial charge in [0.1, 0.15) is 0 Å². The summed E-state index contributed by atoms with van der Waals surface area (Å²) >= 11 is 11.8. The second-order valence-electron chi connectivity index (χ2n) is 4.28. The molecular weight excluding hydrogens is 307 g/mol. The van der Waals surface area contributed by atoms with Crippen LogP contribution in [0, 0.1) is 0 Å². The summed E-state index contributed by atoms with van der Waals surface area (Å²) in [7, 11) is 0. The number of nitrogens with zero attached hydrogens (tertiary/aromatic N) is 3. The van der Waals surface area contributed by atoms with E-state index in [9.17, 15) is 0 Å². The van der Waals surface area contributed by atoms with Crippen LogP contribution in [-0.4, -0.2) is 16.2 Å². The van der Waals surface area contributed by atoms with E-state index >= 15 is 0 Å². The van der Waals surface area contributed by atoms with E-state index in [1.54, 1.807) is 6.21 Å². The van der Waals surface area contributed by atoms with E-state index in [4.69, 9.17) is 23.2 Å². The predicted octanol–water partition coefficient (Wildman–Crippen LogP) is 4.38. The van der Waals surface area contributed by atoms with Crippen LogP contribution in [0.1, 0.15) is 5.56 Å². The Kier molecular flexibility index (Phi) is 3.99. The summed E-state index contributed by atoms with van der Waals surface area (Å²) in [5, 5.41) is 5.85. The smallest absolute Gasteiger partial charge is 0.224 e. The van der Waals surface area contributed by atoms with Gasteiger partial charge in [0.25, 0.3) is 0 Å². The summed E-state index contributed by atoms with van der Waals surface area (Å²) in [4.78, 5) is 8.31.